The zero-order chi connectivity index (χ0) is 11.2. The van der Waals surface area contributed by atoms with E-state index in [4.69, 9.17) is 5.73 Å². The van der Waals surface area contributed by atoms with Crippen molar-refractivity contribution in [2.24, 2.45) is 0 Å². The molecular formula is C13H16N2. The molecule has 0 saturated carbocycles. The van der Waals surface area contributed by atoms with Crippen LogP contribution in [0.1, 0.15) is 22.4 Å². The third-order valence-electron chi connectivity index (χ3n) is 3.22. The summed E-state index contributed by atoms with van der Waals surface area (Å²) in [6.07, 6.45) is 0. The van der Waals surface area contributed by atoms with Crippen LogP contribution in [0.15, 0.2) is 12.1 Å². The maximum absolute atomic E-state index is 6.10. The van der Waals surface area contributed by atoms with Gasteiger partial charge in [0, 0.05) is 16.8 Å². The summed E-state index contributed by atoms with van der Waals surface area (Å²) in [6.45, 7) is 8.22. The van der Waals surface area contributed by atoms with Gasteiger partial charge >= 0.3 is 0 Å². The van der Waals surface area contributed by atoms with Crippen molar-refractivity contribution >= 4 is 16.6 Å². The highest BCUT2D eigenvalue weighted by Crippen LogP contribution is 2.28. The minimum atomic E-state index is 0.862. The van der Waals surface area contributed by atoms with Gasteiger partial charge in [0.1, 0.15) is 0 Å². The van der Waals surface area contributed by atoms with Crippen LogP contribution < -0.4 is 5.73 Å². The lowest BCUT2D eigenvalue weighted by Gasteiger charge is -2.11. The molecule has 78 valence electrons. The van der Waals surface area contributed by atoms with Gasteiger partial charge in [-0.15, -0.1) is 0 Å². The van der Waals surface area contributed by atoms with Gasteiger partial charge in [0.05, 0.1) is 5.52 Å². The molecule has 0 radical (unpaired) electrons. The Morgan fingerprint density at radius 1 is 1.00 bits per heavy atom. The van der Waals surface area contributed by atoms with E-state index < -0.39 is 0 Å². The molecule has 0 spiro atoms. The molecule has 0 atom stereocenters. The van der Waals surface area contributed by atoms with Gasteiger partial charge in [-0.05, 0) is 44.4 Å². The van der Waals surface area contributed by atoms with Crippen LogP contribution >= 0.6 is 0 Å². The molecule has 0 aliphatic carbocycles. The lowest BCUT2D eigenvalue weighted by Crippen LogP contribution is -1.99. The van der Waals surface area contributed by atoms with E-state index in [0.717, 1.165) is 27.8 Å². The number of benzene rings is 1. The van der Waals surface area contributed by atoms with E-state index in [1.807, 2.05) is 13.8 Å². The van der Waals surface area contributed by atoms with Crippen LogP contribution in [0.5, 0.6) is 0 Å². The summed E-state index contributed by atoms with van der Waals surface area (Å²) in [6, 6.07) is 4.16. The Morgan fingerprint density at radius 2 is 1.67 bits per heavy atom. The molecule has 0 unspecified atom stereocenters. The maximum Gasteiger partial charge on any atom is 0.0757 e. The van der Waals surface area contributed by atoms with Crippen LogP contribution in [0.4, 0.5) is 5.69 Å². The van der Waals surface area contributed by atoms with Crippen LogP contribution in [-0.4, -0.2) is 4.98 Å². The van der Waals surface area contributed by atoms with E-state index in [2.05, 4.69) is 31.0 Å². The molecule has 1 heterocycles. The number of hydrogen-bond donors (Lipinski definition) is 1. The van der Waals surface area contributed by atoms with E-state index in [-0.39, 0.29) is 0 Å². The second-order valence-electron chi connectivity index (χ2n) is 4.14. The lowest BCUT2D eigenvalue weighted by atomic mass is 10.0. The first-order chi connectivity index (χ1) is 7.02. The van der Waals surface area contributed by atoms with Crippen LogP contribution in [0.25, 0.3) is 10.9 Å². The van der Waals surface area contributed by atoms with Gasteiger partial charge in [-0.1, -0.05) is 12.1 Å². The number of nitrogen functional groups attached to an aromatic ring is 1. The molecule has 0 fully saturated rings. The van der Waals surface area contributed by atoms with Crippen LogP contribution in [0.3, 0.4) is 0 Å². The molecule has 0 aliphatic heterocycles. The molecule has 0 saturated heterocycles. The van der Waals surface area contributed by atoms with Crippen molar-refractivity contribution < 1.29 is 0 Å². The van der Waals surface area contributed by atoms with Crippen molar-refractivity contribution in [1.29, 1.82) is 0 Å². The van der Waals surface area contributed by atoms with Gasteiger partial charge in [-0.3, -0.25) is 4.98 Å². The molecule has 1 aromatic carbocycles. The molecule has 0 aliphatic rings. The molecule has 2 rings (SSSR count). The summed E-state index contributed by atoms with van der Waals surface area (Å²) >= 11 is 0. The number of pyridine rings is 1. The predicted molar refractivity (Wildman–Crippen MR) is 65.1 cm³/mol. The van der Waals surface area contributed by atoms with Crippen molar-refractivity contribution in [2.75, 3.05) is 5.73 Å². The number of nitrogens with zero attached hydrogens (tertiary/aromatic N) is 1. The lowest BCUT2D eigenvalue weighted by molar-refractivity contribution is 1.18. The number of hydrogen-bond acceptors (Lipinski definition) is 2. The Labute approximate surface area is 90.1 Å². The third-order valence-corrected chi connectivity index (χ3v) is 3.22. The number of aromatic nitrogens is 1. The van der Waals surface area contributed by atoms with E-state index in [9.17, 15) is 0 Å². The Kier molecular flexibility index (Phi) is 2.14. The van der Waals surface area contributed by atoms with Crippen LogP contribution in [0, 0.1) is 27.7 Å². The molecular weight excluding hydrogens is 184 g/mol. The molecule has 2 nitrogen and oxygen atoms in total. The second kappa shape index (κ2) is 3.23. The van der Waals surface area contributed by atoms with Crippen LogP contribution in [-0.2, 0) is 0 Å². The first-order valence-electron chi connectivity index (χ1n) is 5.15. The Morgan fingerprint density at radius 3 is 2.33 bits per heavy atom. The van der Waals surface area contributed by atoms with E-state index in [1.54, 1.807) is 0 Å². The topological polar surface area (TPSA) is 38.9 Å². The fraction of sp³-hybridized carbons (Fsp3) is 0.308. The maximum atomic E-state index is 6.10. The first-order valence-corrected chi connectivity index (χ1v) is 5.15. The molecule has 1 aromatic heterocycles. The summed E-state index contributed by atoms with van der Waals surface area (Å²) in [5, 5.41) is 1.07. The molecule has 2 aromatic rings. The quantitative estimate of drug-likeness (QED) is 0.709. The fourth-order valence-corrected chi connectivity index (χ4v) is 1.81. The average Bonchev–Trinajstić information content (AvgIpc) is 2.21. The monoisotopic (exact) mass is 200 g/mol. The SMILES string of the molecule is Cc1ccc2c(N)c(C)c(C)nc2c1C. The standard InChI is InChI=1S/C13H16N2/c1-7-5-6-11-12(14)9(3)10(4)15-13(11)8(7)2/h5-6H,1-4H3,(H2,14,15). The summed E-state index contributed by atoms with van der Waals surface area (Å²) in [5.41, 5.74) is 12.6. The predicted octanol–water partition coefficient (Wildman–Crippen LogP) is 3.05. The fourth-order valence-electron chi connectivity index (χ4n) is 1.81. The number of fused-ring (bicyclic) bond motifs is 1. The second-order valence-corrected chi connectivity index (χ2v) is 4.14. The Hall–Kier alpha value is -1.57. The molecule has 15 heavy (non-hydrogen) atoms. The van der Waals surface area contributed by atoms with E-state index >= 15 is 0 Å². The summed E-state index contributed by atoms with van der Waals surface area (Å²) in [5.74, 6) is 0. The van der Waals surface area contributed by atoms with Gasteiger partial charge in [0.15, 0.2) is 0 Å². The summed E-state index contributed by atoms with van der Waals surface area (Å²) in [4.78, 5) is 4.62. The normalized spacial score (nSPS) is 10.9. The van der Waals surface area contributed by atoms with E-state index in [1.165, 1.54) is 11.1 Å². The minimum Gasteiger partial charge on any atom is -0.398 e. The summed E-state index contributed by atoms with van der Waals surface area (Å²) < 4.78 is 0. The van der Waals surface area contributed by atoms with Crippen molar-refractivity contribution in [1.82, 2.24) is 4.98 Å². The Balaban J connectivity index is 2.98. The van der Waals surface area contributed by atoms with Gasteiger partial charge < -0.3 is 5.73 Å². The molecule has 0 bridgehead atoms. The summed E-state index contributed by atoms with van der Waals surface area (Å²) in [7, 11) is 0. The van der Waals surface area contributed by atoms with Gasteiger partial charge in [-0.25, -0.2) is 0 Å². The van der Waals surface area contributed by atoms with E-state index in [0.29, 0.717) is 0 Å². The molecule has 2 heteroatoms. The number of nitrogens with two attached hydrogens (primary N) is 1. The highest BCUT2D eigenvalue weighted by Gasteiger charge is 2.08. The zero-order valence-electron chi connectivity index (χ0n) is 9.68. The van der Waals surface area contributed by atoms with Crippen molar-refractivity contribution in [3.05, 3.63) is 34.5 Å². The minimum absolute atomic E-state index is 0.862. The van der Waals surface area contributed by atoms with Gasteiger partial charge in [0.25, 0.3) is 0 Å². The smallest absolute Gasteiger partial charge is 0.0757 e. The highest BCUT2D eigenvalue weighted by molar-refractivity contribution is 5.94. The van der Waals surface area contributed by atoms with Crippen molar-refractivity contribution in [2.45, 2.75) is 27.7 Å². The van der Waals surface area contributed by atoms with Gasteiger partial charge in [0.2, 0.25) is 0 Å². The Bertz CT molecular complexity index is 542. The third kappa shape index (κ3) is 1.37. The number of rotatable bonds is 0. The highest BCUT2D eigenvalue weighted by atomic mass is 14.7. The van der Waals surface area contributed by atoms with Gasteiger partial charge in [-0.2, -0.15) is 0 Å². The average molecular weight is 200 g/mol. The van der Waals surface area contributed by atoms with Crippen molar-refractivity contribution in [3.8, 4) is 0 Å². The number of anilines is 1. The number of aryl methyl sites for hydroxylation is 3. The zero-order valence-corrected chi connectivity index (χ0v) is 9.68. The first kappa shape index (κ1) is 9.97. The van der Waals surface area contributed by atoms with Crippen molar-refractivity contribution in [3.63, 3.8) is 0 Å². The molecule has 0 amide bonds. The van der Waals surface area contributed by atoms with Crippen LogP contribution in [0.2, 0.25) is 0 Å². The largest absolute Gasteiger partial charge is 0.398 e. The molecule has 2 N–H and O–H groups in total.